The van der Waals surface area contributed by atoms with E-state index in [1.165, 1.54) is 0 Å². The molecule has 2 heterocycles. The Morgan fingerprint density at radius 3 is 3.24 bits per heavy atom. The van der Waals surface area contributed by atoms with Gasteiger partial charge in [0.15, 0.2) is 11.4 Å². The lowest BCUT2D eigenvalue weighted by molar-refractivity contribution is 0.415. The number of benzene rings is 1. The molecule has 0 saturated carbocycles. The van der Waals surface area contributed by atoms with Crippen molar-refractivity contribution >= 4 is 16.8 Å². The summed E-state index contributed by atoms with van der Waals surface area (Å²) in [5.41, 5.74) is 0.777. The first kappa shape index (κ1) is 10.4. The second-order valence-electron chi connectivity index (χ2n) is 4.23. The highest BCUT2D eigenvalue weighted by molar-refractivity contribution is 5.89. The zero-order chi connectivity index (χ0) is 11.7. The van der Waals surface area contributed by atoms with Crippen LogP contribution in [-0.4, -0.2) is 31.4 Å². The number of ether oxygens (including phenoxy) is 1. The van der Waals surface area contributed by atoms with E-state index in [0.717, 1.165) is 42.0 Å². The first-order valence-electron chi connectivity index (χ1n) is 5.77. The Morgan fingerprint density at radius 2 is 2.47 bits per heavy atom. The maximum Gasteiger partial charge on any atom is 0.177 e. The molecule has 0 radical (unpaired) electrons. The van der Waals surface area contributed by atoms with Crippen molar-refractivity contribution in [2.24, 2.45) is 0 Å². The van der Waals surface area contributed by atoms with Gasteiger partial charge in [0.25, 0.3) is 0 Å². The van der Waals surface area contributed by atoms with Crippen LogP contribution in [-0.2, 0) is 0 Å². The van der Waals surface area contributed by atoms with Crippen molar-refractivity contribution in [1.82, 2.24) is 10.5 Å². The number of nitrogens with one attached hydrogen (secondary N) is 2. The third kappa shape index (κ3) is 1.93. The molecule has 17 heavy (non-hydrogen) atoms. The molecule has 1 unspecified atom stereocenters. The first-order valence-corrected chi connectivity index (χ1v) is 5.77. The summed E-state index contributed by atoms with van der Waals surface area (Å²) < 4.78 is 10.5. The molecule has 1 fully saturated rings. The highest BCUT2D eigenvalue weighted by atomic mass is 16.5. The lowest BCUT2D eigenvalue weighted by atomic mass is 10.2. The number of rotatable bonds is 3. The van der Waals surface area contributed by atoms with Crippen LogP contribution < -0.4 is 15.4 Å². The summed E-state index contributed by atoms with van der Waals surface area (Å²) in [7, 11) is 1.66. The smallest absolute Gasteiger partial charge is 0.177 e. The van der Waals surface area contributed by atoms with E-state index in [9.17, 15) is 0 Å². The Morgan fingerprint density at radius 1 is 1.53 bits per heavy atom. The van der Waals surface area contributed by atoms with Crippen LogP contribution in [0.1, 0.15) is 6.42 Å². The molecule has 3 rings (SSSR count). The Bertz CT molecular complexity index is 517. The summed E-state index contributed by atoms with van der Waals surface area (Å²) in [5.74, 6) is 1.61. The third-order valence-corrected chi connectivity index (χ3v) is 3.08. The molecule has 1 atom stereocenters. The van der Waals surface area contributed by atoms with Gasteiger partial charge in [0.1, 0.15) is 5.75 Å². The molecule has 0 aliphatic carbocycles. The summed E-state index contributed by atoms with van der Waals surface area (Å²) >= 11 is 0. The predicted molar refractivity (Wildman–Crippen MR) is 65.5 cm³/mol. The Kier molecular flexibility index (Phi) is 2.60. The van der Waals surface area contributed by atoms with E-state index in [1.807, 2.05) is 18.2 Å². The van der Waals surface area contributed by atoms with E-state index in [2.05, 4.69) is 15.8 Å². The second-order valence-corrected chi connectivity index (χ2v) is 4.23. The molecular formula is C12H15N3O2. The Hall–Kier alpha value is -1.75. The minimum absolute atomic E-state index is 0.425. The van der Waals surface area contributed by atoms with E-state index in [4.69, 9.17) is 9.26 Å². The summed E-state index contributed by atoms with van der Waals surface area (Å²) in [6.07, 6.45) is 1.11. The number of methoxy groups -OCH3 is 1. The van der Waals surface area contributed by atoms with Gasteiger partial charge in [-0.2, -0.15) is 0 Å². The van der Waals surface area contributed by atoms with Crippen LogP contribution in [0.4, 0.5) is 5.82 Å². The molecular weight excluding hydrogens is 218 g/mol. The van der Waals surface area contributed by atoms with Crippen molar-refractivity contribution in [3.05, 3.63) is 18.2 Å². The number of anilines is 1. The standard InChI is InChI=1S/C12H15N3O2/c1-16-9-2-3-11-10(6-9)12(15-17-11)14-8-4-5-13-7-8/h2-3,6,8,13H,4-5,7H2,1H3,(H,14,15). The molecule has 1 aromatic carbocycles. The van der Waals surface area contributed by atoms with Gasteiger partial charge in [0.2, 0.25) is 0 Å². The van der Waals surface area contributed by atoms with Gasteiger partial charge in [-0.3, -0.25) is 0 Å². The fourth-order valence-corrected chi connectivity index (χ4v) is 2.12. The number of fused-ring (bicyclic) bond motifs is 1. The number of aromatic nitrogens is 1. The average Bonchev–Trinajstić information content (AvgIpc) is 2.99. The SMILES string of the molecule is COc1ccc2onc(NC3CCNC3)c2c1. The normalized spacial score (nSPS) is 19.7. The monoisotopic (exact) mass is 233 g/mol. The van der Waals surface area contributed by atoms with Crippen molar-refractivity contribution < 1.29 is 9.26 Å². The molecule has 2 N–H and O–H groups in total. The molecule has 1 aliphatic heterocycles. The molecule has 1 aromatic heterocycles. The van der Waals surface area contributed by atoms with E-state index >= 15 is 0 Å². The molecule has 0 bridgehead atoms. The Labute approximate surface area is 99.1 Å². The van der Waals surface area contributed by atoms with Crippen LogP contribution >= 0.6 is 0 Å². The molecule has 90 valence electrons. The van der Waals surface area contributed by atoms with Crippen LogP contribution in [0.15, 0.2) is 22.7 Å². The van der Waals surface area contributed by atoms with Gasteiger partial charge in [0, 0.05) is 12.6 Å². The van der Waals surface area contributed by atoms with E-state index in [0.29, 0.717) is 6.04 Å². The maximum atomic E-state index is 5.27. The lowest BCUT2D eigenvalue weighted by Gasteiger charge is -2.09. The summed E-state index contributed by atoms with van der Waals surface area (Å²) in [6.45, 7) is 2.02. The van der Waals surface area contributed by atoms with Crippen LogP contribution in [0.5, 0.6) is 5.75 Å². The molecule has 5 heteroatoms. The van der Waals surface area contributed by atoms with E-state index in [-0.39, 0.29) is 0 Å². The first-order chi connectivity index (χ1) is 8.36. The van der Waals surface area contributed by atoms with Gasteiger partial charge in [-0.15, -0.1) is 0 Å². The quantitative estimate of drug-likeness (QED) is 0.843. The summed E-state index contributed by atoms with van der Waals surface area (Å²) in [4.78, 5) is 0. The van der Waals surface area contributed by atoms with Crippen molar-refractivity contribution in [2.75, 3.05) is 25.5 Å². The van der Waals surface area contributed by atoms with Gasteiger partial charge in [0.05, 0.1) is 12.5 Å². The molecule has 0 spiro atoms. The topological polar surface area (TPSA) is 59.3 Å². The maximum absolute atomic E-state index is 5.27. The molecule has 2 aromatic rings. The van der Waals surface area contributed by atoms with Crippen LogP contribution in [0.2, 0.25) is 0 Å². The van der Waals surface area contributed by atoms with Crippen molar-refractivity contribution in [3.8, 4) is 5.75 Å². The van der Waals surface area contributed by atoms with Gasteiger partial charge in [-0.25, -0.2) is 0 Å². The number of hydrogen-bond donors (Lipinski definition) is 2. The molecule has 1 aliphatic rings. The van der Waals surface area contributed by atoms with Crippen molar-refractivity contribution in [2.45, 2.75) is 12.5 Å². The number of nitrogens with zero attached hydrogens (tertiary/aromatic N) is 1. The highest BCUT2D eigenvalue weighted by Gasteiger charge is 2.17. The average molecular weight is 233 g/mol. The largest absolute Gasteiger partial charge is 0.497 e. The van der Waals surface area contributed by atoms with Crippen LogP contribution in [0.25, 0.3) is 11.0 Å². The minimum Gasteiger partial charge on any atom is -0.497 e. The molecule has 5 nitrogen and oxygen atoms in total. The Balaban J connectivity index is 1.92. The van der Waals surface area contributed by atoms with Crippen molar-refractivity contribution in [3.63, 3.8) is 0 Å². The molecule has 1 saturated heterocycles. The third-order valence-electron chi connectivity index (χ3n) is 3.08. The van der Waals surface area contributed by atoms with Gasteiger partial charge >= 0.3 is 0 Å². The summed E-state index contributed by atoms with van der Waals surface area (Å²) in [5, 5.41) is 11.7. The van der Waals surface area contributed by atoms with Crippen LogP contribution in [0.3, 0.4) is 0 Å². The fourth-order valence-electron chi connectivity index (χ4n) is 2.12. The number of hydrogen-bond acceptors (Lipinski definition) is 5. The zero-order valence-corrected chi connectivity index (χ0v) is 9.69. The van der Waals surface area contributed by atoms with Gasteiger partial charge < -0.3 is 19.9 Å². The highest BCUT2D eigenvalue weighted by Crippen LogP contribution is 2.27. The van der Waals surface area contributed by atoms with Gasteiger partial charge in [-0.1, -0.05) is 5.16 Å². The van der Waals surface area contributed by atoms with Crippen LogP contribution in [0, 0.1) is 0 Å². The minimum atomic E-state index is 0.425. The fraction of sp³-hybridized carbons (Fsp3) is 0.417. The van der Waals surface area contributed by atoms with E-state index in [1.54, 1.807) is 7.11 Å². The van der Waals surface area contributed by atoms with Crippen molar-refractivity contribution in [1.29, 1.82) is 0 Å². The zero-order valence-electron chi connectivity index (χ0n) is 9.69. The lowest BCUT2D eigenvalue weighted by Crippen LogP contribution is -2.22. The predicted octanol–water partition coefficient (Wildman–Crippen LogP) is 1.61. The molecule has 0 amide bonds. The van der Waals surface area contributed by atoms with E-state index < -0.39 is 0 Å². The summed E-state index contributed by atoms with van der Waals surface area (Å²) in [6, 6.07) is 6.11. The second kappa shape index (κ2) is 4.25. The van der Waals surface area contributed by atoms with Gasteiger partial charge in [-0.05, 0) is 31.2 Å².